The molecule has 0 spiro atoms. The largest absolute Gasteiger partial charge is 0.454 e. The van der Waals surface area contributed by atoms with Gasteiger partial charge in [-0.1, -0.05) is 13.0 Å². The Morgan fingerprint density at radius 3 is 3.04 bits per heavy atom. The summed E-state index contributed by atoms with van der Waals surface area (Å²) in [4.78, 5) is 32.7. The molecule has 2 aromatic rings. The fourth-order valence-electron chi connectivity index (χ4n) is 3.84. The van der Waals surface area contributed by atoms with Crippen LogP contribution >= 0.6 is 0 Å². The molecule has 1 unspecified atom stereocenters. The maximum atomic E-state index is 12.7. The number of aromatic amines is 1. The van der Waals surface area contributed by atoms with Crippen molar-refractivity contribution in [2.45, 2.75) is 26.2 Å². The summed E-state index contributed by atoms with van der Waals surface area (Å²) >= 11 is 0. The molecule has 1 atom stereocenters. The number of likely N-dealkylation sites (tertiary alicyclic amines) is 1. The highest BCUT2D eigenvalue weighted by molar-refractivity contribution is 5.93. The molecule has 0 aliphatic carbocycles. The van der Waals surface area contributed by atoms with Gasteiger partial charge < -0.3 is 19.4 Å². The minimum absolute atomic E-state index is 0.0589. The van der Waals surface area contributed by atoms with E-state index in [2.05, 4.69) is 16.9 Å². The van der Waals surface area contributed by atoms with Crippen LogP contribution in [0.15, 0.2) is 35.5 Å². The fourth-order valence-corrected chi connectivity index (χ4v) is 3.84. The van der Waals surface area contributed by atoms with Crippen LogP contribution in [0.25, 0.3) is 0 Å². The summed E-state index contributed by atoms with van der Waals surface area (Å²) in [5, 5.41) is 0. The molecule has 2 aliphatic rings. The lowest BCUT2D eigenvalue weighted by Crippen LogP contribution is -2.47. The van der Waals surface area contributed by atoms with Crippen molar-refractivity contribution in [3.05, 3.63) is 52.2 Å². The molecular formula is C19H21N3O4. The van der Waals surface area contributed by atoms with Crippen molar-refractivity contribution in [1.82, 2.24) is 14.9 Å². The lowest BCUT2D eigenvalue weighted by Gasteiger charge is -2.40. The number of carbonyl (C=O) groups is 1. The minimum Gasteiger partial charge on any atom is -0.454 e. The van der Waals surface area contributed by atoms with Gasteiger partial charge in [0.15, 0.2) is 11.5 Å². The summed E-state index contributed by atoms with van der Waals surface area (Å²) < 4.78 is 10.8. The number of hydrogen-bond acceptors (Lipinski definition) is 5. The number of aromatic nitrogens is 2. The molecule has 0 bridgehead atoms. The van der Waals surface area contributed by atoms with Crippen molar-refractivity contribution in [1.29, 1.82) is 0 Å². The Bertz CT molecular complexity index is 894. The Morgan fingerprint density at radius 2 is 2.19 bits per heavy atom. The van der Waals surface area contributed by atoms with E-state index in [1.807, 2.05) is 18.2 Å². The second kappa shape index (κ2) is 6.48. The maximum absolute atomic E-state index is 12.7. The first kappa shape index (κ1) is 16.6. The molecule has 0 saturated carbocycles. The number of fused-ring (bicyclic) bond motifs is 1. The third-order valence-corrected chi connectivity index (χ3v) is 5.08. The number of carbonyl (C=O) groups excluding carboxylic acids is 1. The summed E-state index contributed by atoms with van der Waals surface area (Å²) in [6, 6.07) is 5.99. The van der Waals surface area contributed by atoms with E-state index in [4.69, 9.17) is 9.47 Å². The van der Waals surface area contributed by atoms with Crippen LogP contribution in [0, 0.1) is 5.41 Å². The van der Waals surface area contributed by atoms with Crippen LogP contribution in [-0.4, -0.2) is 40.7 Å². The smallest absolute Gasteiger partial charge is 0.263 e. The predicted molar refractivity (Wildman–Crippen MR) is 94.4 cm³/mol. The van der Waals surface area contributed by atoms with Gasteiger partial charge in [0.2, 0.25) is 6.79 Å². The van der Waals surface area contributed by atoms with Gasteiger partial charge in [-0.05, 0) is 42.4 Å². The van der Waals surface area contributed by atoms with Gasteiger partial charge in [-0.25, -0.2) is 4.98 Å². The van der Waals surface area contributed by atoms with Crippen molar-refractivity contribution >= 4 is 5.91 Å². The number of amides is 1. The second-order valence-corrected chi connectivity index (χ2v) is 7.30. The van der Waals surface area contributed by atoms with Crippen molar-refractivity contribution in [3.63, 3.8) is 0 Å². The zero-order valence-corrected chi connectivity index (χ0v) is 14.7. The van der Waals surface area contributed by atoms with Crippen LogP contribution in [0.1, 0.15) is 35.7 Å². The molecule has 3 heterocycles. The summed E-state index contributed by atoms with van der Waals surface area (Å²) in [7, 11) is 0. The number of nitrogens with one attached hydrogen (secondary N) is 1. The molecule has 4 rings (SSSR count). The number of piperidine rings is 1. The zero-order chi connectivity index (χ0) is 18.1. The van der Waals surface area contributed by atoms with E-state index >= 15 is 0 Å². The van der Waals surface area contributed by atoms with Crippen molar-refractivity contribution in [2.24, 2.45) is 5.41 Å². The van der Waals surface area contributed by atoms with Crippen molar-refractivity contribution in [3.8, 4) is 11.5 Å². The van der Waals surface area contributed by atoms with Crippen LogP contribution in [0.4, 0.5) is 0 Å². The van der Waals surface area contributed by atoms with E-state index in [1.165, 1.54) is 12.5 Å². The van der Waals surface area contributed by atoms with Gasteiger partial charge in [-0.2, -0.15) is 0 Å². The number of nitrogens with zero attached hydrogens (tertiary/aromatic N) is 2. The highest BCUT2D eigenvalue weighted by atomic mass is 16.7. The van der Waals surface area contributed by atoms with E-state index in [1.54, 1.807) is 4.90 Å². The SMILES string of the molecule is CC1(Cc2ccc3c(c2)OCO3)CCCN(C(=O)c2cnc[nH]c2=O)C1. The Morgan fingerprint density at radius 1 is 1.35 bits per heavy atom. The van der Waals surface area contributed by atoms with E-state index < -0.39 is 5.56 Å². The molecule has 26 heavy (non-hydrogen) atoms. The zero-order valence-electron chi connectivity index (χ0n) is 14.7. The highest BCUT2D eigenvalue weighted by Gasteiger charge is 2.34. The molecule has 7 heteroatoms. The van der Waals surface area contributed by atoms with Gasteiger partial charge >= 0.3 is 0 Å². The maximum Gasteiger partial charge on any atom is 0.263 e. The Balaban J connectivity index is 1.51. The summed E-state index contributed by atoms with van der Waals surface area (Å²) in [5.74, 6) is 1.29. The van der Waals surface area contributed by atoms with E-state index in [0.717, 1.165) is 36.3 Å². The lowest BCUT2D eigenvalue weighted by molar-refractivity contribution is 0.0548. The highest BCUT2D eigenvalue weighted by Crippen LogP contribution is 2.37. The van der Waals surface area contributed by atoms with Crippen molar-refractivity contribution in [2.75, 3.05) is 19.9 Å². The molecule has 1 amide bonds. The molecule has 1 saturated heterocycles. The van der Waals surface area contributed by atoms with E-state index in [0.29, 0.717) is 13.1 Å². The quantitative estimate of drug-likeness (QED) is 0.910. The first-order chi connectivity index (χ1) is 12.5. The molecule has 0 radical (unpaired) electrons. The average Bonchev–Trinajstić information content (AvgIpc) is 3.09. The normalized spacial score (nSPS) is 21.7. The van der Waals surface area contributed by atoms with Crippen LogP contribution in [0.2, 0.25) is 0 Å². The van der Waals surface area contributed by atoms with Gasteiger partial charge in [0.05, 0.1) is 6.33 Å². The topological polar surface area (TPSA) is 84.5 Å². The predicted octanol–water partition coefficient (Wildman–Crippen LogP) is 1.98. The van der Waals surface area contributed by atoms with Crippen LogP contribution in [0.5, 0.6) is 11.5 Å². The summed E-state index contributed by atoms with van der Waals surface area (Å²) in [6.45, 7) is 3.71. The molecule has 2 aliphatic heterocycles. The second-order valence-electron chi connectivity index (χ2n) is 7.30. The third-order valence-electron chi connectivity index (χ3n) is 5.08. The summed E-state index contributed by atoms with van der Waals surface area (Å²) in [6.07, 6.45) is 5.39. The number of ether oxygens (including phenoxy) is 2. The van der Waals surface area contributed by atoms with Gasteiger partial charge in [0, 0.05) is 19.3 Å². The van der Waals surface area contributed by atoms with Gasteiger partial charge in [-0.3, -0.25) is 9.59 Å². The van der Waals surface area contributed by atoms with Crippen LogP contribution < -0.4 is 15.0 Å². The number of benzene rings is 1. The van der Waals surface area contributed by atoms with Gasteiger partial charge in [-0.15, -0.1) is 0 Å². The van der Waals surface area contributed by atoms with E-state index in [9.17, 15) is 9.59 Å². The Kier molecular flexibility index (Phi) is 4.14. The first-order valence-electron chi connectivity index (χ1n) is 8.75. The molecule has 136 valence electrons. The monoisotopic (exact) mass is 355 g/mol. The number of rotatable bonds is 3. The fraction of sp³-hybridized carbons (Fsp3) is 0.421. The molecule has 1 N–H and O–H groups in total. The standard InChI is InChI=1S/C19H21N3O4/c1-19(8-13-3-4-15-16(7-13)26-12-25-15)5-2-6-22(10-19)18(24)14-9-20-11-21-17(14)23/h3-4,7,9,11H,2,5-6,8,10,12H2,1H3,(H,20,21,23). The van der Waals surface area contributed by atoms with Crippen molar-refractivity contribution < 1.29 is 14.3 Å². The number of H-pyrrole nitrogens is 1. The average molecular weight is 355 g/mol. The Labute approximate surface area is 151 Å². The van der Waals surface area contributed by atoms with E-state index in [-0.39, 0.29) is 23.7 Å². The first-order valence-corrected chi connectivity index (χ1v) is 8.75. The minimum atomic E-state index is -0.395. The Hall–Kier alpha value is -2.83. The molecule has 1 fully saturated rings. The molecule has 7 nitrogen and oxygen atoms in total. The van der Waals surface area contributed by atoms with Crippen LogP contribution in [0.3, 0.4) is 0 Å². The summed E-state index contributed by atoms with van der Waals surface area (Å²) in [5.41, 5.74) is 0.800. The van der Waals surface area contributed by atoms with Gasteiger partial charge in [0.1, 0.15) is 5.56 Å². The molecule has 1 aromatic heterocycles. The molecule has 1 aromatic carbocycles. The lowest BCUT2D eigenvalue weighted by atomic mass is 9.76. The molecular weight excluding hydrogens is 334 g/mol. The third kappa shape index (κ3) is 3.16. The van der Waals surface area contributed by atoms with Gasteiger partial charge in [0.25, 0.3) is 11.5 Å². The van der Waals surface area contributed by atoms with Crippen LogP contribution in [-0.2, 0) is 6.42 Å². The number of hydrogen-bond donors (Lipinski definition) is 1.